The molecule has 6 nitrogen and oxygen atoms in total. The Morgan fingerprint density at radius 3 is 2.71 bits per heavy atom. The molecule has 0 atom stereocenters. The van der Waals surface area contributed by atoms with Gasteiger partial charge in [-0.05, 0) is 30.2 Å². The number of thiophene rings is 1. The van der Waals surface area contributed by atoms with Crippen LogP contribution in [0.15, 0.2) is 23.0 Å². The molecule has 0 fully saturated rings. The van der Waals surface area contributed by atoms with Crippen LogP contribution in [0.3, 0.4) is 0 Å². The predicted octanol–water partition coefficient (Wildman–Crippen LogP) is 3.08. The molecule has 1 aromatic carbocycles. The highest BCUT2D eigenvalue weighted by molar-refractivity contribution is 7.20. The van der Waals surface area contributed by atoms with E-state index in [4.69, 9.17) is 29.0 Å². The highest BCUT2D eigenvalue weighted by Crippen LogP contribution is 2.28. The van der Waals surface area contributed by atoms with Gasteiger partial charge in [0.25, 0.3) is 5.56 Å². The molecule has 2 heterocycles. The first kappa shape index (κ1) is 16.8. The van der Waals surface area contributed by atoms with Crippen molar-refractivity contribution in [2.24, 2.45) is 0 Å². The summed E-state index contributed by atoms with van der Waals surface area (Å²) in [5, 5.41) is 10.3. The van der Waals surface area contributed by atoms with Crippen molar-refractivity contribution in [2.45, 2.75) is 13.3 Å². The predicted molar refractivity (Wildman–Crippen MR) is 95.0 cm³/mol. The molecule has 3 N–H and O–H groups in total. The first-order chi connectivity index (χ1) is 11.3. The van der Waals surface area contributed by atoms with Crippen LogP contribution in [-0.2, 0) is 6.42 Å². The zero-order chi connectivity index (χ0) is 17.6. The van der Waals surface area contributed by atoms with Gasteiger partial charge in [-0.2, -0.15) is 0 Å². The van der Waals surface area contributed by atoms with Crippen LogP contribution in [0.4, 0.5) is 0 Å². The van der Waals surface area contributed by atoms with Crippen molar-refractivity contribution >= 4 is 50.7 Å². The Kier molecular flexibility index (Phi) is 4.25. The van der Waals surface area contributed by atoms with E-state index in [1.807, 2.05) is 0 Å². The number of nitrogens with two attached hydrogens (primary N) is 1. The molecule has 3 rings (SSSR count). The second-order valence-electron chi connectivity index (χ2n) is 5.17. The number of benzene rings is 1. The first-order valence-electron chi connectivity index (χ1n) is 6.77. The number of rotatable bonds is 3. The summed E-state index contributed by atoms with van der Waals surface area (Å²) in [5.41, 5.74) is 0.679. The Bertz CT molecular complexity index is 1040. The number of fused-ring (bicyclic) bond motifs is 1. The van der Waals surface area contributed by atoms with Crippen LogP contribution in [0.2, 0.25) is 10.0 Å². The highest BCUT2D eigenvalue weighted by Gasteiger charge is 2.20. The molecular formula is C15H11Cl2N3O3S. The summed E-state index contributed by atoms with van der Waals surface area (Å²) in [6.45, 7) is 1.57. The molecule has 0 saturated carbocycles. The molecule has 3 aromatic rings. The largest absolute Gasteiger partial charge is 0.477 e. The summed E-state index contributed by atoms with van der Waals surface area (Å²) in [6, 6.07) is 5.07. The van der Waals surface area contributed by atoms with Crippen molar-refractivity contribution < 1.29 is 9.90 Å². The van der Waals surface area contributed by atoms with E-state index in [1.165, 1.54) is 0 Å². The van der Waals surface area contributed by atoms with E-state index in [0.29, 0.717) is 26.3 Å². The summed E-state index contributed by atoms with van der Waals surface area (Å²) < 4.78 is 0.941. The third kappa shape index (κ3) is 2.75. The van der Waals surface area contributed by atoms with Gasteiger partial charge in [0.1, 0.15) is 15.5 Å². The number of hydrogen-bond acceptors (Lipinski definition) is 5. The molecule has 0 unspecified atom stereocenters. The van der Waals surface area contributed by atoms with Crippen molar-refractivity contribution in [3.05, 3.63) is 60.4 Å². The van der Waals surface area contributed by atoms with Gasteiger partial charge in [0.15, 0.2) is 0 Å². The van der Waals surface area contributed by atoms with Gasteiger partial charge in [0.05, 0.1) is 15.4 Å². The van der Waals surface area contributed by atoms with Crippen molar-refractivity contribution in [3.63, 3.8) is 0 Å². The van der Waals surface area contributed by atoms with Gasteiger partial charge in [-0.3, -0.25) is 4.79 Å². The zero-order valence-corrected chi connectivity index (χ0v) is 14.7. The highest BCUT2D eigenvalue weighted by atomic mass is 35.5. The molecule has 2 aromatic heterocycles. The molecule has 0 bridgehead atoms. The van der Waals surface area contributed by atoms with Crippen LogP contribution >= 0.6 is 34.5 Å². The van der Waals surface area contributed by atoms with Crippen LogP contribution in [0.1, 0.15) is 26.6 Å². The summed E-state index contributed by atoms with van der Waals surface area (Å²) in [5.74, 6) is 5.07. The van der Waals surface area contributed by atoms with Crippen LogP contribution in [0.25, 0.3) is 10.2 Å². The Labute approximate surface area is 150 Å². The average molecular weight is 384 g/mol. The molecule has 0 radical (unpaired) electrons. The Balaban J connectivity index is 2.15. The van der Waals surface area contributed by atoms with E-state index in [9.17, 15) is 14.7 Å². The van der Waals surface area contributed by atoms with Crippen molar-refractivity contribution in [1.29, 1.82) is 0 Å². The SMILES string of the molecule is Cc1c(C(=O)O)sc2nc(Cc3ccc(Cl)c(Cl)c3)n(N)c(=O)c12. The molecular weight excluding hydrogens is 373 g/mol. The van der Waals surface area contributed by atoms with Gasteiger partial charge in [-0.1, -0.05) is 29.3 Å². The molecule has 0 amide bonds. The molecule has 0 spiro atoms. The quantitative estimate of drug-likeness (QED) is 0.677. The van der Waals surface area contributed by atoms with Gasteiger partial charge in [-0.15, -0.1) is 11.3 Å². The molecule has 24 heavy (non-hydrogen) atoms. The van der Waals surface area contributed by atoms with Crippen LogP contribution in [-0.4, -0.2) is 20.7 Å². The fraction of sp³-hybridized carbons (Fsp3) is 0.133. The molecule has 0 aliphatic heterocycles. The number of aromatic carboxylic acids is 1. The van der Waals surface area contributed by atoms with E-state index in [-0.39, 0.29) is 16.7 Å². The fourth-order valence-corrected chi connectivity index (χ4v) is 3.75. The minimum absolute atomic E-state index is 0.0845. The average Bonchev–Trinajstić information content (AvgIpc) is 2.85. The van der Waals surface area contributed by atoms with Gasteiger partial charge in [-0.25, -0.2) is 14.5 Å². The summed E-state index contributed by atoms with van der Waals surface area (Å²) >= 11 is 12.8. The van der Waals surface area contributed by atoms with E-state index < -0.39 is 11.5 Å². The van der Waals surface area contributed by atoms with Crippen LogP contribution in [0, 0.1) is 6.92 Å². The zero-order valence-electron chi connectivity index (χ0n) is 12.3. The van der Waals surface area contributed by atoms with Crippen molar-refractivity contribution in [1.82, 2.24) is 9.66 Å². The van der Waals surface area contributed by atoms with Gasteiger partial charge in [0, 0.05) is 6.42 Å². The summed E-state index contributed by atoms with van der Waals surface area (Å²) in [7, 11) is 0. The van der Waals surface area contributed by atoms with Crippen molar-refractivity contribution in [2.75, 3.05) is 5.84 Å². The number of nitrogens with zero attached hydrogens (tertiary/aromatic N) is 2. The number of carboxylic acid groups (broad SMARTS) is 1. The lowest BCUT2D eigenvalue weighted by molar-refractivity contribution is 0.0701. The maximum absolute atomic E-state index is 12.5. The summed E-state index contributed by atoms with van der Waals surface area (Å²) in [6.07, 6.45) is 0.262. The number of aryl methyl sites for hydroxylation is 1. The monoisotopic (exact) mass is 383 g/mol. The van der Waals surface area contributed by atoms with Gasteiger partial charge in [0.2, 0.25) is 0 Å². The lowest BCUT2D eigenvalue weighted by Gasteiger charge is -2.08. The third-order valence-electron chi connectivity index (χ3n) is 3.61. The number of hydrogen-bond donors (Lipinski definition) is 2. The third-order valence-corrected chi connectivity index (χ3v) is 5.52. The second kappa shape index (κ2) is 6.08. The Morgan fingerprint density at radius 1 is 1.38 bits per heavy atom. The number of halogens is 2. The molecule has 124 valence electrons. The number of carbonyl (C=O) groups is 1. The minimum atomic E-state index is -1.09. The maximum Gasteiger partial charge on any atom is 0.346 e. The first-order valence-corrected chi connectivity index (χ1v) is 8.34. The Hall–Kier alpha value is -2.09. The van der Waals surface area contributed by atoms with Crippen LogP contribution in [0.5, 0.6) is 0 Å². The van der Waals surface area contributed by atoms with E-state index in [2.05, 4.69) is 4.98 Å². The minimum Gasteiger partial charge on any atom is -0.477 e. The smallest absolute Gasteiger partial charge is 0.346 e. The summed E-state index contributed by atoms with van der Waals surface area (Å²) in [4.78, 5) is 28.5. The van der Waals surface area contributed by atoms with Gasteiger partial charge < -0.3 is 10.9 Å². The lowest BCUT2D eigenvalue weighted by Crippen LogP contribution is -2.31. The second-order valence-corrected chi connectivity index (χ2v) is 6.98. The molecule has 0 aliphatic carbocycles. The number of nitrogen functional groups attached to an aromatic ring is 1. The normalized spacial score (nSPS) is 11.1. The molecule has 0 aliphatic rings. The lowest BCUT2D eigenvalue weighted by atomic mass is 10.1. The van der Waals surface area contributed by atoms with Crippen molar-refractivity contribution in [3.8, 4) is 0 Å². The topological polar surface area (TPSA) is 98.2 Å². The Morgan fingerprint density at radius 2 is 2.08 bits per heavy atom. The fourth-order valence-electron chi connectivity index (χ4n) is 2.40. The van der Waals surface area contributed by atoms with Crippen LogP contribution < -0.4 is 11.4 Å². The maximum atomic E-state index is 12.5. The van der Waals surface area contributed by atoms with E-state index in [1.54, 1.807) is 25.1 Å². The molecule has 9 heteroatoms. The van der Waals surface area contributed by atoms with Gasteiger partial charge >= 0.3 is 5.97 Å². The van der Waals surface area contributed by atoms with E-state index in [0.717, 1.165) is 21.6 Å². The number of aromatic nitrogens is 2. The number of carboxylic acids is 1. The standard InChI is InChI=1S/C15H11Cl2N3O3S/c1-6-11-13(24-12(6)15(22)23)19-10(20(18)14(11)21)5-7-2-3-8(16)9(17)4-7/h2-4H,5,18H2,1H3,(H,22,23). The molecule has 0 saturated heterocycles. The van der Waals surface area contributed by atoms with E-state index >= 15 is 0 Å².